The van der Waals surface area contributed by atoms with Crippen LogP contribution in [0.5, 0.6) is 5.88 Å². The molecule has 0 atom stereocenters. The van der Waals surface area contributed by atoms with Gasteiger partial charge in [0.1, 0.15) is 10.6 Å². The summed E-state index contributed by atoms with van der Waals surface area (Å²) >= 11 is 6.32. The van der Waals surface area contributed by atoms with Crippen LogP contribution in [0.25, 0.3) is 0 Å². The van der Waals surface area contributed by atoms with Crippen molar-refractivity contribution in [3.63, 3.8) is 0 Å². The third kappa shape index (κ3) is 3.74. The monoisotopic (exact) mass is 302 g/mol. The van der Waals surface area contributed by atoms with E-state index in [1.165, 1.54) is 13.4 Å². The lowest BCUT2D eigenvalue weighted by molar-refractivity contribution is -0.389. The maximum absolute atomic E-state index is 11.1. The number of hydrogen-bond donors (Lipinski definition) is 0. The van der Waals surface area contributed by atoms with Crippen LogP contribution in [0.4, 0.5) is 5.69 Å². The lowest BCUT2D eigenvalue weighted by Gasteiger charge is -2.20. The maximum Gasteiger partial charge on any atom is 0.363 e. The van der Waals surface area contributed by atoms with Crippen molar-refractivity contribution in [1.29, 1.82) is 0 Å². The second-order valence-corrected chi connectivity index (χ2v) is 4.96. The van der Waals surface area contributed by atoms with E-state index in [1.54, 1.807) is 0 Å². The Kier molecular flexibility index (Phi) is 5.90. The van der Waals surface area contributed by atoms with Gasteiger partial charge in [-0.05, 0) is 25.6 Å². The summed E-state index contributed by atoms with van der Waals surface area (Å²) in [5.41, 5.74) is -0.260. The Hall–Kier alpha value is -1.48. The van der Waals surface area contributed by atoms with Crippen molar-refractivity contribution in [3.8, 4) is 5.88 Å². The van der Waals surface area contributed by atoms with E-state index in [-0.39, 0.29) is 16.6 Å². The van der Waals surface area contributed by atoms with E-state index >= 15 is 0 Å². The SMILES string of the molecule is CCN(CC)C(=S)Sc1ncnc(OC)c1[N+](=O)[O-]. The molecule has 0 saturated heterocycles. The highest BCUT2D eigenvalue weighted by molar-refractivity contribution is 8.22. The third-order valence-electron chi connectivity index (χ3n) is 2.34. The molecule has 0 aliphatic carbocycles. The van der Waals surface area contributed by atoms with Crippen LogP contribution in [0.1, 0.15) is 13.8 Å². The van der Waals surface area contributed by atoms with Crippen LogP contribution < -0.4 is 4.74 Å². The van der Waals surface area contributed by atoms with Crippen LogP contribution in [0.15, 0.2) is 11.4 Å². The Balaban J connectivity index is 3.07. The summed E-state index contributed by atoms with van der Waals surface area (Å²) in [4.78, 5) is 20.1. The van der Waals surface area contributed by atoms with E-state index < -0.39 is 4.92 Å². The number of nitrogens with zero attached hydrogens (tertiary/aromatic N) is 4. The van der Waals surface area contributed by atoms with Crippen LogP contribution >= 0.6 is 24.0 Å². The van der Waals surface area contributed by atoms with Crippen molar-refractivity contribution >= 4 is 34.0 Å². The van der Waals surface area contributed by atoms with Crippen LogP contribution in [0.2, 0.25) is 0 Å². The second-order valence-electron chi connectivity index (χ2n) is 3.33. The van der Waals surface area contributed by atoms with Crippen molar-refractivity contribution in [2.45, 2.75) is 18.9 Å². The van der Waals surface area contributed by atoms with Crippen LogP contribution in [0, 0.1) is 10.1 Å². The highest BCUT2D eigenvalue weighted by atomic mass is 32.2. The third-order valence-corrected chi connectivity index (χ3v) is 3.77. The van der Waals surface area contributed by atoms with Gasteiger partial charge in [-0.2, -0.15) is 4.98 Å². The number of thioether (sulfide) groups is 1. The molecule has 9 heteroatoms. The zero-order valence-electron chi connectivity index (χ0n) is 10.8. The zero-order chi connectivity index (χ0) is 14.4. The summed E-state index contributed by atoms with van der Waals surface area (Å²) in [6.07, 6.45) is 1.22. The summed E-state index contributed by atoms with van der Waals surface area (Å²) in [7, 11) is 1.33. The van der Waals surface area contributed by atoms with Crippen molar-refractivity contribution < 1.29 is 9.66 Å². The molecule has 0 unspecified atom stereocenters. The number of rotatable bonds is 5. The molecule has 1 heterocycles. The Morgan fingerprint density at radius 3 is 2.63 bits per heavy atom. The highest BCUT2D eigenvalue weighted by Crippen LogP contribution is 2.34. The van der Waals surface area contributed by atoms with Crippen LogP contribution in [-0.4, -0.2) is 44.3 Å². The number of aromatic nitrogens is 2. The lowest BCUT2D eigenvalue weighted by Crippen LogP contribution is -2.26. The molecule has 0 spiro atoms. The van der Waals surface area contributed by atoms with E-state index in [9.17, 15) is 10.1 Å². The van der Waals surface area contributed by atoms with Gasteiger partial charge in [0.25, 0.3) is 5.88 Å². The molecule has 0 radical (unpaired) electrons. The predicted octanol–water partition coefficient (Wildman–Crippen LogP) is 2.11. The predicted molar refractivity (Wildman–Crippen MR) is 76.6 cm³/mol. The average molecular weight is 302 g/mol. The number of nitro groups is 1. The van der Waals surface area contributed by atoms with Gasteiger partial charge >= 0.3 is 5.69 Å². The molecular formula is C10H14N4O3S2. The Bertz CT molecular complexity index is 480. The fourth-order valence-electron chi connectivity index (χ4n) is 1.36. The molecule has 0 saturated carbocycles. The normalized spacial score (nSPS) is 10.1. The number of thiocarbonyl (C=S) groups is 1. The minimum absolute atomic E-state index is 0.0650. The molecule has 1 rings (SSSR count). The Labute approximate surface area is 120 Å². The molecule has 0 aliphatic rings. The molecule has 0 bridgehead atoms. The summed E-state index contributed by atoms with van der Waals surface area (Å²) in [5.74, 6) is -0.0650. The molecule has 0 fully saturated rings. The smallest absolute Gasteiger partial charge is 0.363 e. The first-order valence-corrected chi connectivity index (χ1v) is 6.77. The average Bonchev–Trinajstić information content (AvgIpc) is 2.39. The van der Waals surface area contributed by atoms with Gasteiger partial charge in [-0.15, -0.1) is 0 Å². The minimum atomic E-state index is -0.563. The number of hydrogen-bond acceptors (Lipinski definition) is 7. The Morgan fingerprint density at radius 1 is 1.53 bits per heavy atom. The highest BCUT2D eigenvalue weighted by Gasteiger charge is 2.25. The minimum Gasteiger partial charge on any atom is -0.476 e. The number of methoxy groups -OCH3 is 1. The van der Waals surface area contributed by atoms with E-state index in [0.717, 1.165) is 24.9 Å². The molecule has 19 heavy (non-hydrogen) atoms. The largest absolute Gasteiger partial charge is 0.476 e. The fourth-order valence-corrected chi connectivity index (χ4v) is 2.76. The van der Waals surface area contributed by atoms with Gasteiger partial charge in [0.15, 0.2) is 5.03 Å². The fraction of sp³-hybridized carbons (Fsp3) is 0.500. The topological polar surface area (TPSA) is 81.4 Å². The molecule has 104 valence electrons. The molecule has 7 nitrogen and oxygen atoms in total. The Morgan fingerprint density at radius 2 is 2.16 bits per heavy atom. The van der Waals surface area contributed by atoms with Crippen LogP contribution in [-0.2, 0) is 0 Å². The van der Waals surface area contributed by atoms with E-state index in [1.807, 2.05) is 18.7 Å². The molecule has 0 aliphatic heterocycles. The first-order valence-electron chi connectivity index (χ1n) is 5.55. The van der Waals surface area contributed by atoms with E-state index in [2.05, 4.69) is 9.97 Å². The second kappa shape index (κ2) is 7.19. The van der Waals surface area contributed by atoms with Crippen molar-refractivity contribution in [2.24, 2.45) is 0 Å². The summed E-state index contributed by atoms with van der Waals surface area (Å²) < 4.78 is 5.41. The molecule has 0 N–H and O–H groups in total. The van der Waals surface area contributed by atoms with Gasteiger partial charge in [-0.25, -0.2) is 4.98 Å². The van der Waals surface area contributed by atoms with Gasteiger partial charge in [-0.3, -0.25) is 10.1 Å². The first-order chi connectivity index (χ1) is 9.04. The number of ether oxygens (including phenoxy) is 1. The van der Waals surface area contributed by atoms with Crippen molar-refractivity contribution in [2.75, 3.05) is 20.2 Å². The molecule has 0 amide bonds. The van der Waals surface area contributed by atoms with Crippen LogP contribution in [0.3, 0.4) is 0 Å². The first kappa shape index (κ1) is 15.6. The summed E-state index contributed by atoms with van der Waals surface area (Å²) in [5, 5.41) is 11.3. The molecule has 0 aromatic carbocycles. The summed E-state index contributed by atoms with van der Waals surface area (Å²) in [6, 6.07) is 0. The standard InChI is InChI=1S/C10H14N4O3S2/c1-4-13(5-2)10(18)19-9-7(14(15)16)8(17-3)11-6-12-9/h6H,4-5H2,1-3H3. The molecule has 1 aromatic heterocycles. The summed E-state index contributed by atoms with van der Waals surface area (Å²) in [6.45, 7) is 5.40. The van der Waals surface area contributed by atoms with Gasteiger partial charge in [0, 0.05) is 13.1 Å². The van der Waals surface area contributed by atoms with Gasteiger partial charge < -0.3 is 9.64 Å². The molecule has 1 aromatic rings. The quantitative estimate of drug-likeness (QED) is 0.269. The maximum atomic E-state index is 11.1. The van der Waals surface area contributed by atoms with Gasteiger partial charge in [0.05, 0.1) is 12.0 Å². The van der Waals surface area contributed by atoms with E-state index in [0.29, 0.717) is 4.32 Å². The zero-order valence-corrected chi connectivity index (χ0v) is 12.5. The lowest BCUT2D eigenvalue weighted by atomic mass is 10.5. The molecular weight excluding hydrogens is 288 g/mol. The van der Waals surface area contributed by atoms with Gasteiger partial charge in [0.2, 0.25) is 0 Å². The van der Waals surface area contributed by atoms with Gasteiger partial charge in [-0.1, -0.05) is 12.2 Å². The van der Waals surface area contributed by atoms with Crippen molar-refractivity contribution in [1.82, 2.24) is 14.9 Å². The van der Waals surface area contributed by atoms with Crippen molar-refractivity contribution in [3.05, 3.63) is 16.4 Å². The van der Waals surface area contributed by atoms with E-state index in [4.69, 9.17) is 17.0 Å².